The van der Waals surface area contributed by atoms with Gasteiger partial charge in [-0.25, -0.2) is 0 Å². The molecule has 3 unspecified atom stereocenters. The first-order valence-electron chi connectivity index (χ1n) is 7.01. The zero-order valence-electron chi connectivity index (χ0n) is 12.2. The van der Waals surface area contributed by atoms with Crippen LogP contribution < -0.4 is 5.32 Å². The van der Waals surface area contributed by atoms with Crippen molar-refractivity contribution in [3.8, 4) is 0 Å². The molecule has 0 bridgehead atoms. The Balaban J connectivity index is 2.37. The first kappa shape index (κ1) is 15.8. The number of hydrogen-bond acceptors (Lipinski definition) is 3. The third kappa shape index (κ3) is 4.81. The van der Waals surface area contributed by atoms with Crippen molar-refractivity contribution in [2.75, 3.05) is 32.1 Å². The molecule has 0 aromatic carbocycles. The van der Waals surface area contributed by atoms with Crippen LogP contribution in [0.5, 0.6) is 0 Å². The Morgan fingerprint density at radius 2 is 2.22 bits per heavy atom. The van der Waals surface area contributed by atoms with Gasteiger partial charge in [0.1, 0.15) is 0 Å². The van der Waals surface area contributed by atoms with Gasteiger partial charge >= 0.3 is 0 Å². The van der Waals surface area contributed by atoms with Gasteiger partial charge in [-0.15, -0.1) is 0 Å². The molecule has 1 amide bonds. The fraction of sp³-hybridized carbons (Fsp3) is 0.929. The molecule has 1 aliphatic heterocycles. The van der Waals surface area contributed by atoms with Crippen molar-refractivity contribution in [2.24, 2.45) is 11.8 Å². The summed E-state index contributed by atoms with van der Waals surface area (Å²) in [5.74, 6) is 2.48. The van der Waals surface area contributed by atoms with Crippen LogP contribution in [0.25, 0.3) is 0 Å². The molecule has 1 aliphatic rings. The highest BCUT2D eigenvalue weighted by Crippen LogP contribution is 2.23. The van der Waals surface area contributed by atoms with Crippen molar-refractivity contribution in [2.45, 2.75) is 39.2 Å². The summed E-state index contributed by atoms with van der Waals surface area (Å²) in [4.78, 5) is 14.1. The summed E-state index contributed by atoms with van der Waals surface area (Å²) in [6.07, 6.45) is 5.31. The van der Waals surface area contributed by atoms with Crippen LogP contribution in [0.15, 0.2) is 0 Å². The molecule has 18 heavy (non-hydrogen) atoms. The monoisotopic (exact) mass is 272 g/mol. The number of thioether (sulfide) groups is 1. The Hall–Kier alpha value is -0.220. The number of hydrogen-bond donors (Lipinski definition) is 1. The summed E-state index contributed by atoms with van der Waals surface area (Å²) in [5.41, 5.74) is 0. The summed E-state index contributed by atoms with van der Waals surface area (Å²) < 4.78 is 0. The van der Waals surface area contributed by atoms with Crippen LogP contribution in [0.2, 0.25) is 0 Å². The minimum Gasteiger partial charge on any atom is -0.342 e. The van der Waals surface area contributed by atoms with Gasteiger partial charge in [0.05, 0.1) is 0 Å². The second-order valence-electron chi connectivity index (χ2n) is 5.60. The Morgan fingerprint density at radius 3 is 2.78 bits per heavy atom. The molecule has 1 heterocycles. The molecule has 4 heteroatoms. The maximum atomic E-state index is 12.2. The molecule has 1 saturated heterocycles. The molecule has 1 N–H and O–H groups in total. The summed E-state index contributed by atoms with van der Waals surface area (Å²) in [6.45, 7) is 6.57. The maximum absolute atomic E-state index is 12.2. The lowest BCUT2D eigenvalue weighted by Crippen LogP contribution is -2.39. The molecule has 0 aromatic heterocycles. The standard InChI is InChI=1S/C14H28N2OS/c1-11(13-6-5-7-15-9-13)8-14(17)16(3)12(2)10-18-4/h11-13,15H,5-10H2,1-4H3. The van der Waals surface area contributed by atoms with Crippen LogP contribution in [-0.4, -0.2) is 49.0 Å². The number of nitrogens with one attached hydrogen (secondary N) is 1. The van der Waals surface area contributed by atoms with E-state index in [4.69, 9.17) is 0 Å². The van der Waals surface area contributed by atoms with Gasteiger partial charge in [-0.05, 0) is 50.9 Å². The van der Waals surface area contributed by atoms with Gasteiger partial charge in [0.15, 0.2) is 0 Å². The second kappa shape index (κ2) is 8.05. The molecule has 0 saturated carbocycles. The number of carbonyl (C=O) groups is 1. The lowest BCUT2D eigenvalue weighted by atomic mass is 9.85. The van der Waals surface area contributed by atoms with Gasteiger partial charge in [-0.3, -0.25) is 4.79 Å². The van der Waals surface area contributed by atoms with E-state index in [-0.39, 0.29) is 0 Å². The van der Waals surface area contributed by atoms with E-state index in [2.05, 4.69) is 25.4 Å². The Kier molecular flexibility index (Phi) is 7.08. The molecule has 3 atom stereocenters. The van der Waals surface area contributed by atoms with Gasteiger partial charge in [0, 0.05) is 25.3 Å². The highest BCUT2D eigenvalue weighted by atomic mass is 32.2. The topological polar surface area (TPSA) is 32.3 Å². The van der Waals surface area contributed by atoms with E-state index in [9.17, 15) is 4.79 Å². The fourth-order valence-electron chi connectivity index (χ4n) is 2.55. The highest BCUT2D eigenvalue weighted by molar-refractivity contribution is 7.98. The third-order valence-corrected chi connectivity index (χ3v) is 4.91. The van der Waals surface area contributed by atoms with Gasteiger partial charge in [-0.2, -0.15) is 11.8 Å². The maximum Gasteiger partial charge on any atom is 0.222 e. The van der Waals surface area contributed by atoms with Crippen LogP contribution in [0.4, 0.5) is 0 Å². The van der Waals surface area contributed by atoms with Crippen LogP contribution in [0, 0.1) is 11.8 Å². The summed E-state index contributed by atoms with van der Waals surface area (Å²) in [5, 5.41) is 3.43. The molecule has 0 aliphatic carbocycles. The number of carbonyl (C=O) groups excluding carboxylic acids is 1. The average Bonchev–Trinajstić information content (AvgIpc) is 2.39. The summed E-state index contributed by atoms with van der Waals surface area (Å²) in [7, 11) is 1.94. The quantitative estimate of drug-likeness (QED) is 0.805. The number of nitrogens with zero attached hydrogens (tertiary/aromatic N) is 1. The van der Waals surface area contributed by atoms with E-state index in [1.54, 1.807) is 11.8 Å². The van der Waals surface area contributed by atoms with Crippen molar-refractivity contribution >= 4 is 17.7 Å². The first-order valence-corrected chi connectivity index (χ1v) is 8.41. The molecular formula is C14H28N2OS. The summed E-state index contributed by atoms with van der Waals surface area (Å²) in [6, 6.07) is 0.337. The minimum atomic E-state index is 0.301. The van der Waals surface area contributed by atoms with Crippen LogP contribution >= 0.6 is 11.8 Å². The zero-order chi connectivity index (χ0) is 13.5. The smallest absolute Gasteiger partial charge is 0.222 e. The van der Waals surface area contributed by atoms with Crippen molar-refractivity contribution < 1.29 is 4.79 Å². The van der Waals surface area contributed by atoms with Crippen LogP contribution in [-0.2, 0) is 4.79 Å². The van der Waals surface area contributed by atoms with Gasteiger partial charge < -0.3 is 10.2 Å². The Bertz CT molecular complexity index is 254. The van der Waals surface area contributed by atoms with Gasteiger partial charge in [-0.1, -0.05) is 6.92 Å². The normalized spacial score (nSPS) is 23.4. The molecule has 106 valence electrons. The van der Waals surface area contributed by atoms with Crippen LogP contribution in [0.3, 0.4) is 0 Å². The van der Waals surface area contributed by atoms with E-state index < -0.39 is 0 Å². The van der Waals surface area contributed by atoms with Crippen LogP contribution in [0.1, 0.15) is 33.1 Å². The molecule has 0 radical (unpaired) electrons. The predicted octanol–water partition coefficient (Wildman–Crippen LogP) is 2.22. The first-order chi connectivity index (χ1) is 8.56. The van der Waals surface area contributed by atoms with Crippen molar-refractivity contribution in [1.29, 1.82) is 0 Å². The van der Waals surface area contributed by atoms with Gasteiger partial charge in [0.2, 0.25) is 5.91 Å². The number of rotatable bonds is 6. The van der Waals surface area contributed by atoms with Crippen molar-refractivity contribution in [3.05, 3.63) is 0 Å². The Morgan fingerprint density at radius 1 is 1.50 bits per heavy atom. The van der Waals surface area contributed by atoms with E-state index in [0.29, 0.717) is 30.2 Å². The summed E-state index contributed by atoms with van der Waals surface area (Å²) >= 11 is 1.80. The molecule has 0 spiro atoms. The highest BCUT2D eigenvalue weighted by Gasteiger charge is 2.24. The van der Waals surface area contributed by atoms with E-state index >= 15 is 0 Å². The molecular weight excluding hydrogens is 244 g/mol. The number of amides is 1. The SMILES string of the molecule is CSCC(C)N(C)C(=O)CC(C)C1CCCNC1. The van der Waals surface area contributed by atoms with Crippen molar-refractivity contribution in [3.63, 3.8) is 0 Å². The predicted molar refractivity (Wildman–Crippen MR) is 80.0 cm³/mol. The van der Waals surface area contributed by atoms with E-state index in [1.807, 2.05) is 11.9 Å². The molecule has 1 fully saturated rings. The average molecular weight is 272 g/mol. The Labute approximate surface area is 116 Å². The lowest BCUT2D eigenvalue weighted by Gasteiger charge is -2.30. The van der Waals surface area contributed by atoms with E-state index in [1.165, 1.54) is 12.8 Å². The second-order valence-corrected chi connectivity index (χ2v) is 6.51. The molecule has 1 rings (SSSR count). The number of piperidine rings is 1. The third-order valence-electron chi connectivity index (χ3n) is 4.10. The van der Waals surface area contributed by atoms with E-state index in [0.717, 1.165) is 18.8 Å². The molecule has 0 aromatic rings. The lowest BCUT2D eigenvalue weighted by molar-refractivity contribution is -0.132. The minimum absolute atomic E-state index is 0.301. The fourth-order valence-corrected chi connectivity index (χ4v) is 3.26. The largest absolute Gasteiger partial charge is 0.342 e. The van der Waals surface area contributed by atoms with Gasteiger partial charge in [0.25, 0.3) is 0 Å². The molecule has 3 nitrogen and oxygen atoms in total. The zero-order valence-corrected chi connectivity index (χ0v) is 13.1. The van der Waals surface area contributed by atoms with Crippen molar-refractivity contribution in [1.82, 2.24) is 10.2 Å².